The van der Waals surface area contributed by atoms with Gasteiger partial charge in [0.2, 0.25) is 0 Å². The SMILES string of the molecule is CC.O=C(Nc1cnccc1N1CCNCC1)c1csc(N2Cc3cc(OCCC4CC4)ccc3C2=O)n1. The first-order chi connectivity index (χ1) is 18.7. The highest BCUT2D eigenvalue weighted by molar-refractivity contribution is 7.14. The number of nitrogens with one attached hydrogen (secondary N) is 2. The first-order valence-corrected chi connectivity index (χ1v) is 14.3. The molecule has 6 rings (SSSR count). The summed E-state index contributed by atoms with van der Waals surface area (Å²) >= 11 is 1.29. The van der Waals surface area contributed by atoms with Crippen LogP contribution >= 0.6 is 11.3 Å². The van der Waals surface area contributed by atoms with Crippen molar-refractivity contribution in [1.29, 1.82) is 0 Å². The lowest BCUT2D eigenvalue weighted by molar-refractivity contribution is 0.0991. The van der Waals surface area contributed by atoms with Gasteiger partial charge in [-0.1, -0.05) is 26.7 Å². The number of ether oxygens (including phenoxy) is 1. The van der Waals surface area contributed by atoms with E-state index in [1.165, 1.54) is 24.2 Å². The standard InChI is InChI=1S/C26H28N6O3S.C2H6/c33-24(29-21-14-28-7-5-23(21)31-10-8-27-9-11-31)22-16-36-26(30-22)32-15-18-13-19(3-4-20(18)25(32)34)35-12-6-17-1-2-17;1-2/h3-5,7,13-14,16-17,27H,1-2,6,8-12,15H2,(H,29,33);1-2H3. The van der Waals surface area contributed by atoms with Crippen molar-refractivity contribution in [3.05, 3.63) is 58.9 Å². The predicted molar refractivity (Wildman–Crippen MR) is 151 cm³/mol. The van der Waals surface area contributed by atoms with Crippen LogP contribution in [0.15, 0.2) is 42.0 Å². The summed E-state index contributed by atoms with van der Waals surface area (Å²) in [6, 6.07) is 7.54. The second-order valence-corrected chi connectivity index (χ2v) is 10.2. The number of hydrogen-bond acceptors (Lipinski definition) is 8. The summed E-state index contributed by atoms with van der Waals surface area (Å²) in [4.78, 5) is 38.6. The zero-order valence-electron chi connectivity index (χ0n) is 21.9. The minimum Gasteiger partial charge on any atom is -0.494 e. The molecule has 2 aromatic heterocycles. The van der Waals surface area contributed by atoms with Gasteiger partial charge >= 0.3 is 0 Å². The molecule has 38 heavy (non-hydrogen) atoms. The van der Waals surface area contributed by atoms with Crippen LogP contribution in [0.5, 0.6) is 5.75 Å². The Hall–Kier alpha value is -3.50. The number of piperazine rings is 1. The molecule has 2 amide bonds. The van der Waals surface area contributed by atoms with E-state index in [0.29, 0.717) is 29.5 Å². The zero-order valence-corrected chi connectivity index (χ0v) is 22.7. The smallest absolute Gasteiger partial charge is 0.275 e. The van der Waals surface area contributed by atoms with Gasteiger partial charge in [-0.25, -0.2) is 4.98 Å². The van der Waals surface area contributed by atoms with E-state index in [2.05, 4.69) is 25.5 Å². The molecule has 4 heterocycles. The van der Waals surface area contributed by atoms with Gasteiger partial charge in [0.1, 0.15) is 11.4 Å². The number of rotatable bonds is 8. The van der Waals surface area contributed by atoms with Crippen molar-refractivity contribution >= 4 is 39.7 Å². The minimum absolute atomic E-state index is 0.107. The van der Waals surface area contributed by atoms with Gasteiger partial charge in [0.25, 0.3) is 11.8 Å². The van der Waals surface area contributed by atoms with Crippen LogP contribution in [0.3, 0.4) is 0 Å². The average Bonchev–Trinajstić information content (AvgIpc) is 3.54. The molecule has 0 unspecified atom stereocenters. The molecule has 1 saturated carbocycles. The van der Waals surface area contributed by atoms with E-state index in [4.69, 9.17) is 4.74 Å². The Morgan fingerprint density at radius 3 is 2.82 bits per heavy atom. The molecular weight excluding hydrogens is 500 g/mol. The summed E-state index contributed by atoms with van der Waals surface area (Å²) in [7, 11) is 0. The number of carbonyl (C=O) groups excluding carboxylic acids is 2. The number of aromatic nitrogens is 2. The summed E-state index contributed by atoms with van der Waals surface area (Å²) in [5, 5.41) is 8.49. The number of nitrogens with zero attached hydrogens (tertiary/aromatic N) is 4. The number of pyridine rings is 1. The Bertz CT molecular complexity index is 1290. The molecule has 9 nitrogen and oxygen atoms in total. The zero-order chi connectivity index (χ0) is 26.5. The summed E-state index contributed by atoms with van der Waals surface area (Å²) in [6.45, 7) is 8.63. The maximum absolute atomic E-state index is 13.0. The third-order valence-corrected chi connectivity index (χ3v) is 7.70. The molecule has 3 aromatic rings. The van der Waals surface area contributed by atoms with E-state index in [0.717, 1.165) is 55.5 Å². The second kappa shape index (κ2) is 11.9. The van der Waals surface area contributed by atoms with Crippen LogP contribution in [0.4, 0.5) is 16.5 Å². The molecule has 0 radical (unpaired) electrons. The predicted octanol–water partition coefficient (Wildman–Crippen LogP) is 4.57. The third kappa shape index (κ3) is 5.81. The molecule has 200 valence electrons. The van der Waals surface area contributed by atoms with Crippen LogP contribution in [0.2, 0.25) is 0 Å². The van der Waals surface area contributed by atoms with Crippen LogP contribution in [-0.2, 0) is 6.54 Å². The van der Waals surface area contributed by atoms with E-state index in [-0.39, 0.29) is 17.5 Å². The largest absolute Gasteiger partial charge is 0.494 e. The monoisotopic (exact) mass is 534 g/mol. The maximum Gasteiger partial charge on any atom is 0.275 e. The summed E-state index contributed by atoms with van der Waals surface area (Å²) in [6.07, 6.45) is 7.10. The number of carbonyl (C=O) groups is 2. The number of fused-ring (bicyclic) bond motifs is 1. The highest BCUT2D eigenvalue weighted by Crippen LogP contribution is 2.34. The Morgan fingerprint density at radius 2 is 2.03 bits per heavy atom. The van der Waals surface area contributed by atoms with Crippen LogP contribution in [0.25, 0.3) is 0 Å². The highest BCUT2D eigenvalue weighted by Gasteiger charge is 2.31. The van der Waals surface area contributed by atoms with E-state index in [1.54, 1.807) is 22.7 Å². The Balaban J connectivity index is 0.00000144. The van der Waals surface area contributed by atoms with Gasteiger partial charge in [0, 0.05) is 43.3 Å². The van der Waals surface area contributed by atoms with Gasteiger partial charge < -0.3 is 20.3 Å². The van der Waals surface area contributed by atoms with Gasteiger partial charge in [-0.3, -0.25) is 19.5 Å². The lowest BCUT2D eigenvalue weighted by atomic mass is 10.1. The minimum atomic E-state index is -0.322. The Morgan fingerprint density at radius 1 is 1.21 bits per heavy atom. The normalized spacial score (nSPS) is 16.5. The van der Waals surface area contributed by atoms with E-state index in [1.807, 2.05) is 38.1 Å². The lowest BCUT2D eigenvalue weighted by Gasteiger charge is -2.30. The molecule has 2 fully saturated rings. The van der Waals surface area contributed by atoms with Gasteiger partial charge in [0.05, 0.1) is 30.7 Å². The number of amides is 2. The quantitative estimate of drug-likeness (QED) is 0.437. The molecule has 2 N–H and O–H groups in total. The molecule has 1 aliphatic carbocycles. The second-order valence-electron chi connectivity index (χ2n) is 9.39. The number of hydrogen-bond donors (Lipinski definition) is 2. The fourth-order valence-corrected chi connectivity index (χ4v) is 5.44. The highest BCUT2D eigenvalue weighted by atomic mass is 32.1. The van der Waals surface area contributed by atoms with Gasteiger partial charge in [-0.15, -0.1) is 11.3 Å². The van der Waals surface area contributed by atoms with E-state index in [9.17, 15) is 9.59 Å². The molecule has 1 saturated heterocycles. The fraction of sp³-hybridized carbons (Fsp3) is 0.429. The molecule has 1 aromatic carbocycles. The third-order valence-electron chi connectivity index (χ3n) is 6.83. The summed E-state index contributed by atoms with van der Waals surface area (Å²) < 4.78 is 5.90. The maximum atomic E-state index is 13.0. The summed E-state index contributed by atoms with van der Waals surface area (Å²) in [5.41, 5.74) is 3.44. The van der Waals surface area contributed by atoms with Gasteiger partial charge in [-0.05, 0) is 42.2 Å². The molecular formula is C28H34N6O3S. The molecule has 0 atom stereocenters. The van der Waals surface area contributed by atoms with E-state index < -0.39 is 0 Å². The van der Waals surface area contributed by atoms with Crippen LogP contribution in [0.1, 0.15) is 59.5 Å². The molecule has 2 aliphatic heterocycles. The summed E-state index contributed by atoms with van der Waals surface area (Å²) in [5.74, 6) is 1.18. The van der Waals surface area contributed by atoms with Crippen molar-refractivity contribution in [1.82, 2.24) is 15.3 Å². The first kappa shape index (κ1) is 26.1. The molecule has 3 aliphatic rings. The van der Waals surface area contributed by atoms with Crippen LogP contribution < -0.4 is 25.2 Å². The molecule has 0 spiro atoms. The van der Waals surface area contributed by atoms with Crippen molar-refractivity contribution < 1.29 is 14.3 Å². The van der Waals surface area contributed by atoms with E-state index >= 15 is 0 Å². The van der Waals surface area contributed by atoms with Crippen molar-refractivity contribution in [2.75, 3.05) is 47.9 Å². The topological polar surface area (TPSA) is 99.7 Å². The van der Waals surface area contributed by atoms with Crippen molar-refractivity contribution in [2.45, 2.75) is 39.7 Å². The van der Waals surface area contributed by atoms with Crippen molar-refractivity contribution in [2.24, 2.45) is 5.92 Å². The first-order valence-electron chi connectivity index (χ1n) is 13.4. The lowest BCUT2D eigenvalue weighted by Crippen LogP contribution is -2.43. The molecule has 10 heteroatoms. The number of benzene rings is 1. The molecule has 0 bridgehead atoms. The number of thiazole rings is 1. The average molecular weight is 535 g/mol. The van der Waals surface area contributed by atoms with Crippen molar-refractivity contribution in [3.63, 3.8) is 0 Å². The van der Waals surface area contributed by atoms with Crippen LogP contribution in [-0.4, -0.2) is 54.6 Å². The van der Waals surface area contributed by atoms with Crippen molar-refractivity contribution in [3.8, 4) is 5.75 Å². The van der Waals surface area contributed by atoms with Gasteiger partial charge in [-0.2, -0.15) is 0 Å². The Kier molecular flexibility index (Phi) is 8.19. The van der Waals surface area contributed by atoms with Gasteiger partial charge in [0.15, 0.2) is 5.13 Å². The number of anilines is 3. The Labute approximate surface area is 227 Å². The van der Waals surface area contributed by atoms with Crippen LogP contribution in [0, 0.1) is 5.92 Å². The fourth-order valence-electron chi connectivity index (χ4n) is 4.64.